The number of aromatic nitrogens is 2. The Morgan fingerprint density at radius 2 is 1.62 bits per heavy atom. The van der Waals surface area contributed by atoms with Gasteiger partial charge in [0.2, 0.25) is 0 Å². The van der Waals surface area contributed by atoms with Gasteiger partial charge in [0.05, 0.1) is 37.8 Å². The van der Waals surface area contributed by atoms with Gasteiger partial charge in [0.25, 0.3) is 0 Å². The van der Waals surface area contributed by atoms with Crippen molar-refractivity contribution in [1.82, 2.24) is 14.5 Å². The van der Waals surface area contributed by atoms with Crippen LogP contribution in [-0.4, -0.2) is 58.2 Å². The summed E-state index contributed by atoms with van der Waals surface area (Å²) in [6, 6.07) is 16.3. The van der Waals surface area contributed by atoms with Gasteiger partial charge in [-0.3, -0.25) is 9.69 Å². The van der Waals surface area contributed by atoms with Gasteiger partial charge in [-0.15, -0.1) is 0 Å². The quantitative estimate of drug-likeness (QED) is 0.553. The van der Waals surface area contributed by atoms with Crippen molar-refractivity contribution in [3.63, 3.8) is 0 Å². The van der Waals surface area contributed by atoms with Gasteiger partial charge in [0, 0.05) is 18.9 Å². The van der Waals surface area contributed by atoms with E-state index >= 15 is 0 Å². The lowest BCUT2D eigenvalue weighted by Crippen LogP contribution is -2.60. The Kier molecular flexibility index (Phi) is 5.21. The molecule has 7 nitrogen and oxygen atoms in total. The third-order valence-corrected chi connectivity index (χ3v) is 7.51. The zero-order valence-electron chi connectivity index (χ0n) is 19.1. The third kappa shape index (κ3) is 3.42. The fraction of sp³-hybridized carbons (Fsp3) is 0.370. The van der Waals surface area contributed by atoms with Gasteiger partial charge < -0.3 is 14.0 Å². The van der Waals surface area contributed by atoms with Gasteiger partial charge in [-0.1, -0.05) is 48.5 Å². The Morgan fingerprint density at radius 1 is 1.00 bits per heavy atom. The van der Waals surface area contributed by atoms with Crippen LogP contribution in [0.3, 0.4) is 0 Å². The summed E-state index contributed by atoms with van der Waals surface area (Å²) in [5.74, 6) is -0.0348. The van der Waals surface area contributed by atoms with Crippen molar-refractivity contribution >= 4 is 11.9 Å². The van der Waals surface area contributed by atoms with Gasteiger partial charge in [-0.25, -0.2) is 9.78 Å². The molecule has 34 heavy (non-hydrogen) atoms. The summed E-state index contributed by atoms with van der Waals surface area (Å²) in [5, 5.41) is 0. The predicted molar refractivity (Wildman–Crippen MR) is 126 cm³/mol. The molecule has 0 N–H and O–H groups in total. The number of aryl methyl sites for hydroxylation is 1. The zero-order chi connectivity index (χ0) is 23.2. The molecule has 174 valence electrons. The molecule has 2 bridgehead atoms. The number of Topliss-reactive ketones (excluding diaryl/α,β-unsaturated/α-hetero) is 1. The molecule has 2 aliphatic heterocycles. The number of rotatable bonds is 4. The van der Waals surface area contributed by atoms with Crippen LogP contribution in [0.25, 0.3) is 11.1 Å². The molecule has 2 saturated heterocycles. The first kappa shape index (κ1) is 21.1. The van der Waals surface area contributed by atoms with E-state index in [1.54, 1.807) is 17.1 Å². The molecule has 1 amide bonds. The number of hydrogen-bond acceptors (Lipinski definition) is 5. The van der Waals surface area contributed by atoms with Crippen molar-refractivity contribution in [3.8, 4) is 11.1 Å². The van der Waals surface area contributed by atoms with Crippen molar-refractivity contribution in [2.45, 2.75) is 30.8 Å². The van der Waals surface area contributed by atoms with Crippen molar-refractivity contribution in [2.24, 2.45) is 13.0 Å². The van der Waals surface area contributed by atoms with E-state index in [0.717, 1.165) is 0 Å². The number of carbonyl (C=O) groups excluding carboxylic acids is 2. The highest BCUT2D eigenvalue weighted by molar-refractivity contribution is 5.96. The second-order valence-electron chi connectivity index (χ2n) is 9.48. The highest BCUT2D eigenvalue weighted by Crippen LogP contribution is 2.44. The van der Waals surface area contributed by atoms with E-state index in [4.69, 9.17) is 9.47 Å². The van der Waals surface area contributed by atoms with Gasteiger partial charge >= 0.3 is 6.09 Å². The number of benzene rings is 2. The molecular weight excluding hydrogens is 430 g/mol. The number of ketones is 1. The normalized spacial score (nSPS) is 23.3. The molecule has 1 aromatic heterocycles. The lowest BCUT2D eigenvalue weighted by Gasteiger charge is -2.47. The summed E-state index contributed by atoms with van der Waals surface area (Å²) in [4.78, 5) is 32.3. The maximum atomic E-state index is 13.3. The van der Waals surface area contributed by atoms with E-state index < -0.39 is 0 Å². The second kappa shape index (κ2) is 8.40. The van der Waals surface area contributed by atoms with E-state index in [9.17, 15) is 9.59 Å². The summed E-state index contributed by atoms with van der Waals surface area (Å²) in [7, 11) is 1.83. The molecule has 0 radical (unpaired) electrons. The van der Waals surface area contributed by atoms with E-state index in [1.165, 1.54) is 22.3 Å². The minimum absolute atomic E-state index is 0.0244. The molecule has 2 aromatic carbocycles. The molecular formula is C27H27N3O4. The summed E-state index contributed by atoms with van der Waals surface area (Å²) in [5.41, 5.74) is 5.41. The molecule has 7 heteroatoms. The number of ether oxygens (including phenoxy) is 2. The minimum atomic E-state index is -0.313. The first-order chi connectivity index (χ1) is 16.6. The largest absolute Gasteiger partial charge is 0.448 e. The molecule has 0 saturated carbocycles. The lowest BCUT2D eigenvalue weighted by atomic mass is 9.82. The van der Waals surface area contributed by atoms with Crippen LogP contribution in [0, 0.1) is 5.92 Å². The Balaban J connectivity index is 1.17. The van der Waals surface area contributed by atoms with Crippen molar-refractivity contribution in [2.75, 3.05) is 19.8 Å². The molecule has 3 heterocycles. The Hall–Kier alpha value is -3.45. The first-order valence-electron chi connectivity index (χ1n) is 11.8. The maximum Gasteiger partial charge on any atom is 0.410 e. The highest BCUT2D eigenvalue weighted by atomic mass is 16.6. The second-order valence-corrected chi connectivity index (χ2v) is 9.48. The minimum Gasteiger partial charge on any atom is -0.448 e. The zero-order valence-corrected chi connectivity index (χ0v) is 19.1. The average molecular weight is 458 g/mol. The van der Waals surface area contributed by atoms with E-state index in [2.05, 4.69) is 29.2 Å². The number of amides is 1. The molecule has 3 aliphatic rings. The SMILES string of the molecule is Cn1cncc1C(=O)C1CC2COCC(C1)N2C(=O)OCC1c2ccccc2-c2ccccc21. The Labute approximate surface area is 198 Å². The van der Waals surface area contributed by atoms with Gasteiger partial charge in [0.15, 0.2) is 5.78 Å². The van der Waals surface area contributed by atoms with Gasteiger partial charge in [-0.05, 0) is 35.1 Å². The maximum absolute atomic E-state index is 13.3. The molecule has 3 aromatic rings. The van der Waals surface area contributed by atoms with Crippen molar-refractivity contribution in [3.05, 3.63) is 77.9 Å². The monoisotopic (exact) mass is 457 g/mol. The number of imidazole rings is 1. The molecule has 1 aliphatic carbocycles. The van der Waals surface area contributed by atoms with Crippen molar-refractivity contribution in [1.29, 1.82) is 0 Å². The van der Waals surface area contributed by atoms with E-state index in [1.807, 2.05) is 36.2 Å². The molecule has 0 spiro atoms. The third-order valence-electron chi connectivity index (χ3n) is 7.51. The summed E-state index contributed by atoms with van der Waals surface area (Å²) >= 11 is 0. The number of morpholine rings is 1. The summed E-state index contributed by atoms with van der Waals surface area (Å²) in [6.07, 6.45) is 4.09. The van der Waals surface area contributed by atoms with Crippen LogP contribution >= 0.6 is 0 Å². The molecule has 2 atom stereocenters. The predicted octanol–water partition coefficient (Wildman–Crippen LogP) is 4.03. The summed E-state index contributed by atoms with van der Waals surface area (Å²) in [6.45, 7) is 1.15. The van der Waals surface area contributed by atoms with Crippen LogP contribution < -0.4 is 0 Å². The van der Waals surface area contributed by atoms with Gasteiger partial charge in [0.1, 0.15) is 12.3 Å². The molecule has 2 unspecified atom stereocenters. The Morgan fingerprint density at radius 3 is 2.21 bits per heavy atom. The Bertz CT molecular complexity index is 1190. The van der Waals surface area contributed by atoms with Crippen LogP contribution in [0.4, 0.5) is 4.79 Å². The number of piperidine rings is 1. The van der Waals surface area contributed by atoms with Crippen LogP contribution in [0.1, 0.15) is 40.4 Å². The molecule has 2 fully saturated rings. The van der Waals surface area contributed by atoms with Crippen LogP contribution in [0.15, 0.2) is 61.1 Å². The van der Waals surface area contributed by atoms with E-state index in [0.29, 0.717) is 38.4 Å². The summed E-state index contributed by atoms with van der Waals surface area (Å²) < 4.78 is 13.4. The van der Waals surface area contributed by atoms with Gasteiger partial charge in [-0.2, -0.15) is 0 Å². The van der Waals surface area contributed by atoms with Crippen LogP contribution in [0.5, 0.6) is 0 Å². The highest BCUT2D eigenvalue weighted by Gasteiger charge is 2.45. The molecule has 6 rings (SSSR count). The van der Waals surface area contributed by atoms with Crippen LogP contribution in [0.2, 0.25) is 0 Å². The lowest BCUT2D eigenvalue weighted by molar-refractivity contribution is -0.0748. The van der Waals surface area contributed by atoms with E-state index in [-0.39, 0.29) is 35.8 Å². The standard InChI is InChI=1S/C27H27N3O4/c1-29-16-28-12-25(29)26(31)17-10-18-13-33-14-19(11-17)30(18)27(32)34-15-24-22-8-4-2-6-20(22)21-7-3-5-9-23(21)24/h2-9,12,16-19,24H,10-11,13-15H2,1H3. The number of hydrogen-bond donors (Lipinski definition) is 0. The number of nitrogens with zero attached hydrogens (tertiary/aromatic N) is 3. The fourth-order valence-corrected chi connectivity index (χ4v) is 5.90. The topological polar surface area (TPSA) is 73.7 Å². The smallest absolute Gasteiger partial charge is 0.410 e. The number of carbonyl (C=O) groups is 2. The first-order valence-corrected chi connectivity index (χ1v) is 11.8. The van der Waals surface area contributed by atoms with Crippen LogP contribution in [-0.2, 0) is 16.5 Å². The average Bonchev–Trinajstić information content (AvgIpc) is 3.42. The van der Waals surface area contributed by atoms with Crippen molar-refractivity contribution < 1.29 is 19.1 Å². The fourth-order valence-electron chi connectivity index (χ4n) is 5.90. The number of fused-ring (bicyclic) bond motifs is 5.